The third-order valence-corrected chi connectivity index (χ3v) is 3.77. The van der Waals surface area contributed by atoms with Gasteiger partial charge in [0.15, 0.2) is 0 Å². The molecule has 0 spiro atoms. The molecule has 2 heterocycles. The van der Waals surface area contributed by atoms with Gasteiger partial charge < -0.3 is 15.4 Å². The molecular formula is C16H16F3N3O. The molecule has 1 aliphatic heterocycles. The van der Waals surface area contributed by atoms with E-state index in [1.54, 1.807) is 0 Å². The second kappa shape index (κ2) is 5.98. The molecular weight excluding hydrogens is 307 g/mol. The molecule has 0 bridgehead atoms. The second-order valence-electron chi connectivity index (χ2n) is 5.42. The van der Waals surface area contributed by atoms with E-state index < -0.39 is 11.7 Å². The van der Waals surface area contributed by atoms with E-state index in [1.807, 2.05) is 24.3 Å². The molecule has 7 heteroatoms. The van der Waals surface area contributed by atoms with Crippen molar-refractivity contribution in [2.24, 2.45) is 0 Å². The Hall–Kier alpha value is -2.44. The van der Waals surface area contributed by atoms with E-state index in [1.165, 1.54) is 6.07 Å². The minimum absolute atomic E-state index is 0.126. The molecule has 122 valence electrons. The Morgan fingerprint density at radius 2 is 1.96 bits per heavy atom. The van der Waals surface area contributed by atoms with Crippen LogP contribution in [0.2, 0.25) is 0 Å². The topological polar surface area (TPSA) is 51.4 Å². The first-order valence-electron chi connectivity index (χ1n) is 7.23. The lowest BCUT2D eigenvalue weighted by Crippen LogP contribution is -2.25. The van der Waals surface area contributed by atoms with Crippen molar-refractivity contribution < 1.29 is 17.9 Å². The maximum absolute atomic E-state index is 12.5. The maximum Gasteiger partial charge on any atom is 0.417 e. The third kappa shape index (κ3) is 3.49. The van der Waals surface area contributed by atoms with Crippen molar-refractivity contribution in [3.05, 3.63) is 48.2 Å². The zero-order chi connectivity index (χ0) is 16.4. The minimum atomic E-state index is -4.39. The average molecular weight is 323 g/mol. The quantitative estimate of drug-likeness (QED) is 0.880. The van der Waals surface area contributed by atoms with Crippen LogP contribution in [-0.2, 0) is 6.18 Å². The first kappa shape index (κ1) is 15.5. The van der Waals surface area contributed by atoms with Crippen LogP contribution in [0.4, 0.5) is 24.5 Å². The van der Waals surface area contributed by atoms with Crippen molar-refractivity contribution in [1.82, 2.24) is 4.98 Å². The Morgan fingerprint density at radius 3 is 2.61 bits per heavy atom. The number of nitrogens with two attached hydrogens (primary N) is 1. The zero-order valence-electron chi connectivity index (χ0n) is 12.3. The number of alkyl halides is 3. The van der Waals surface area contributed by atoms with E-state index in [4.69, 9.17) is 10.5 Å². The highest BCUT2D eigenvalue weighted by molar-refractivity contribution is 5.67. The molecule has 0 radical (unpaired) electrons. The van der Waals surface area contributed by atoms with Gasteiger partial charge in [0.1, 0.15) is 6.10 Å². The van der Waals surface area contributed by atoms with Gasteiger partial charge in [-0.1, -0.05) is 12.1 Å². The minimum Gasteiger partial charge on any atom is -0.472 e. The van der Waals surface area contributed by atoms with Crippen molar-refractivity contribution in [2.75, 3.05) is 23.7 Å². The lowest BCUT2D eigenvalue weighted by Gasteiger charge is -2.20. The summed E-state index contributed by atoms with van der Waals surface area (Å²) in [6, 6.07) is 9.79. The summed E-state index contributed by atoms with van der Waals surface area (Å²) in [6.45, 7) is 1.40. The number of nitrogen functional groups attached to an aromatic ring is 1. The summed E-state index contributed by atoms with van der Waals surface area (Å²) < 4.78 is 43.2. The Kier molecular flexibility index (Phi) is 4.02. The molecule has 3 rings (SSSR count). The number of aromatic nitrogens is 1. The monoisotopic (exact) mass is 323 g/mol. The van der Waals surface area contributed by atoms with Gasteiger partial charge in [-0.05, 0) is 18.2 Å². The van der Waals surface area contributed by atoms with E-state index in [0.29, 0.717) is 12.2 Å². The highest BCUT2D eigenvalue weighted by Gasteiger charge is 2.31. The van der Waals surface area contributed by atoms with Crippen molar-refractivity contribution in [3.63, 3.8) is 0 Å². The van der Waals surface area contributed by atoms with Crippen LogP contribution < -0.4 is 15.4 Å². The summed E-state index contributed by atoms with van der Waals surface area (Å²) in [4.78, 5) is 5.84. The summed E-state index contributed by atoms with van der Waals surface area (Å²) in [5, 5.41) is 0. The van der Waals surface area contributed by atoms with Crippen LogP contribution in [-0.4, -0.2) is 24.2 Å². The fourth-order valence-corrected chi connectivity index (χ4v) is 2.61. The lowest BCUT2D eigenvalue weighted by molar-refractivity contribution is -0.137. The summed E-state index contributed by atoms with van der Waals surface area (Å²) in [6.07, 6.45) is -2.96. The molecule has 1 atom stereocenters. The van der Waals surface area contributed by atoms with Crippen LogP contribution in [0.3, 0.4) is 0 Å². The molecule has 0 unspecified atom stereocenters. The van der Waals surface area contributed by atoms with Gasteiger partial charge in [0.2, 0.25) is 5.88 Å². The Labute approximate surface area is 131 Å². The van der Waals surface area contributed by atoms with E-state index >= 15 is 0 Å². The summed E-state index contributed by atoms with van der Waals surface area (Å²) >= 11 is 0. The molecule has 23 heavy (non-hydrogen) atoms. The number of ether oxygens (including phenoxy) is 1. The number of anilines is 2. The summed E-state index contributed by atoms with van der Waals surface area (Å²) in [5.74, 6) is 0.200. The Morgan fingerprint density at radius 1 is 1.17 bits per heavy atom. The zero-order valence-corrected chi connectivity index (χ0v) is 12.3. The van der Waals surface area contributed by atoms with Gasteiger partial charge in [-0.15, -0.1) is 0 Å². The highest BCUT2D eigenvalue weighted by Crippen LogP contribution is 2.30. The van der Waals surface area contributed by atoms with Crippen LogP contribution >= 0.6 is 0 Å². The number of nitrogens with zero attached hydrogens (tertiary/aromatic N) is 2. The number of benzene rings is 1. The van der Waals surface area contributed by atoms with Crippen molar-refractivity contribution >= 4 is 11.4 Å². The van der Waals surface area contributed by atoms with Crippen molar-refractivity contribution in [3.8, 4) is 5.88 Å². The molecule has 0 amide bonds. The molecule has 2 N–H and O–H groups in total. The first-order chi connectivity index (χ1) is 10.9. The van der Waals surface area contributed by atoms with Crippen LogP contribution in [0.1, 0.15) is 12.0 Å². The lowest BCUT2D eigenvalue weighted by atomic mass is 10.2. The molecule has 4 nitrogen and oxygen atoms in total. The number of halogens is 3. The number of rotatable bonds is 3. The van der Waals surface area contributed by atoms with Gasteiger partial charge in [-0.25, -0.2) is 4.98 Å². The molecule has 0 saturated carbocycles. The smallest absolute Gasteiger partial charge is 0.417 e. The van der Waals surface area contributed by atoms with Gasteiger partial charge in [0.05, 0.1) is 23.5 Å². The molecule has 2 aromatic rings. The van der Waals surface area contributed by atoms with Crippen LogP contribution in [0.25, 0.3) is 0 Å². The van der Waals surface area contributed by atoms with E-state index in [9.17, 15) is 13.2 Å². The van der Waals surface area contributed by atoms with E-state index in [0.717, 1.165) is 30.9 Å². The fourth-order valence-electron chi connectivity index (χ4n) is 2.61. The highest BCUT2D eigenvalue weighted by atomic mass is 19.4. The molecule has 1 aromatic carbocycles. The van der Waals surface area contributed by atoms with Gasteiger partial charge in [-0.3, -0.25) is 0 Å². The third-order valence-electron chi connectivity index (χ3n) is 3.77. The summed E-state index contributed by atoms with van der Waals surface area (Å²) in [5.41, 5.74) is 6.81. The molecule has 1 saturated heterocycles. The fraction of sp³-hybridized carbons (Fsp3) is 0.312. The Bertz CT molecular complexity index is 673. The SMILES string of the molecule is Nc1ccccc1N1CC[C@H](Oc2ccc(C(F)(F)F)cn2)C1. The van der Waals surface area contributed by atoms with E-state index in [-0.39, 0.29) is 12.0 Å². The van der Waals surface area contributed by atoms with E-state index in [2.05, 4.69) is 9.88 Å². The van der Waals surface area contributed by atoms with Crippen LogP contribution in [0.5, 0.6) is 5.88 Å². The largest absolute Gasteiger partial charge is 0.472 e. The maximum atomic E-state index is 12.5. The molecule has 0 aliphatic carbocycles. The molecule has 1 fully saturated rings. The predicted molar refractivity (Wildman–Crippen MR) is 81.3 cm³/mol. The van der Waals surface area contributed by atoms with Crippen LogP contribution in [0.15, 0.2) is 42.6 Å². The van der Waals surface area contributed by atoms with Gasteiger partial charge in [0.25, 0.3) is 0 Å². The number of hydrogen-bond acceptors (Lipinski definition) is 4. The number of pyridine rings is 1. The number of hydrogen-bond donors (Lipinski definition) is 1. The van der Waals surface area contributed by atoms with Crippen molar-refractivity contribution in [1.29, 1.82) is 0 Å². The molecule has 1 aliphatic rings. The molecule has 1 aromatic heterocycles. The van der Waals surface area contributed by atoms with Gasteiger partial charge in [-0.2, -0.15) is 13.2 Å². The first-order valence-corrected chi connectivity index (χ1v) is 7.23. The normalized spacial score (nSPS) is 18.2. The van der Waals surface area contributed by atoms with Crippen molar-refractivity contribution in [2.45, 2.75) is 18.7 Å². The number of para-hydroxylation sites is 2. The Balaban J connectivity index is 1.63. The van der Waals surface area contributed by atoms with Gasteiger partial charge >= 0.3 is 6.18 Å². The van der Waals surface area contributed by atoms with Crippen LogP contribution in [0, 0.1) is 0 Å². The predicted octanol–water partition coefficient (Wildman–Crippen LogP) is 3.34. The standard InChI is InChI=1S/C16H16F3N3O/c17-16(18,19)11-5-6-15(21-9-11)23-12-7-8-22(10-12)14-4-2-1-3-13(14)20/h1-6,9,12H,7-8,10,20H2/t12-/m0/s1. The van der Waals surface area contributed by atoms with Gasteiger partial charge in [0, 0.05) is 25.2 Å². The summed E-state index contributed by atoms with van der Waals surface area (Å²) in [7, 11) is 0. The average Bonchev–Trinajstić information content (AvgIpc) is 2.95. The second-order valence-corrected chi connectivity index (χ2v) is 5.42.